The molecule has 2 aliphatic carbocycles. The summed E-state index contributed by atoms with van der Waals surface area (Å²) in [4.78, 5) is 12.8. The van der Waals surface area contributed by atoms with E-state index in [1.807, 2.05) is 19.1 Å². The second-order valence-corrected chi connectivity index (χ2v) is 6.17. The number of aryl methyl sites for hydroxylation is 1. The van der Waals surface area contributed by atoms with Crippen LogP contribution in [0.4, 0.5) is 0 Å². The second kappa shape index (κ2) is 5.12. The van der Waals surface area contributed by atoms with Crippen molar-refractivity contribution in [1.82, 2.24) is 0 Å². The lowest BCUT2D eigenvalue weighted by atomic mass is 9.82. The van der Waals surface area contributed by atoms with E-state index >= 15 is 0 Å². The number of carbonyl (C=O) groups excluding carboxylic acids is 1. The van der Waals surface area contributed by atoms with Crippen molar-refractivity contribution < 1.29 is 14.3 Å². The molecule has 3 nitrogen and oxygen atoms in total. The number of ketones is 1. The lowest BCUT2D eigenvalue weighted by molar-refractivity contribution is 0.0873. The first-order valence-electron chi connectivity index (χ1n) is 7.41. The van der Waals surface area contributed by atoms with Crippen LogP contribution in [0.25, 0.3) is 0 Å². The highest BCUT2D eigenvalue weighted by atomic mass is 16.5. The van der Waals surface area contributed by atoms with E-state index in [1.165, 1.54) is 19.3 Å². The van der Waals surface area contributed by atoms with Crippen molar-refractivity contribution in [1.29, 1.82) is 0 Å². The van der Waals surface area contributed by atoms with E-state index in [2.05, 4.69) is 0 Å². The van der Waals surface area contributed by atoms with Crippen LogP contribution >= 0.6 is 0 Å². The minimum absolute atomic E-state index is 0.227. The summed E-state index contributed by atoms with van der Waals surface area (Å²) in [6.07, 6.45) is 4.88. The van der Waals surface area contributed by atoms with Crippen LogP contribution in [0.2, 0.25) is 0 Å². The smallest absolute Gasteiger partial charge is 0.166 e. The molecule has 0 amide bonds. The Labute approximate surface area is 120 Å². The number of Topliss-reactive ketones (excluding diaryl/α,β-unsaturated/α-hetero) is 1. The summed E-state index contributed by atoms with van der Waals surface area (Å²) in [5.74, 6) is 3.26. The molecule has 1 aromatic carbocycles. The third-order valence-electron chi connectivity index (χ3n) is 5.07. The largest absolute Gasteiger partial charge is 0.493 e. The molecular formula is C17H22O3. The van der Waals surface area contributed by atoms with Gasteiger partial charge in [-0.05, 0) is 55.7 Å². The monoisotopic (exact) mass is 274 g/mol. The van der Waals surface area contributed by atoms with Gasteiger partial charge in [0, 0.05) is 11.5 Å². The van der Waals surface area contributed by atoms with Gasteiger partial charge in [-0.3, -0.25) is 4.79 Å². The molecule has 3 heteroatoms. The molecule has 2 saturated carbocycles. The van der Waals surface area contributed by atoms with Crippen molar-refractivity contribution >= 4 is 5.78 Å². The summed E-state index contributed by atoms with van der Waals surface area (Å²) in [6, 6.07) is 3.75. The van der Waals surface area contributed by atoms with Gasteiger partial charge in [-0.2, -0.15) is 0 Å². The zero-order valence-electron chi connectivity index (χ0n) is 12.4. The Hall–Kier alpha value is -1.51. The summed E-state index contributed by atoms with van der Waals surface area (Å²) >= 11 is 0. The number of hydrogen-bond donors (Lipinski definition) is 0. The molecule has 108 valence electrons. The molecule has 2 fully saturated rings. The topological polar surface area (TPSA) is 35.5 Å². The van der Waals surface area contributed by atoms with Crippen LogP contribution in [-0.2, 0) is 0 Å². The van der Waals surface area contributed by atoms with Crippen LogP contribution in [0, 0.1) is 24.7 Å². The molecule has 0 aliphatic heterocycles. The quantitative estimate of drug-likeness (QED) is 0.786. The average molecular weight is 274 g/mol. The molecular weight excluding hydrogens is 252 g/mol. The molecule has 0 heterocycles. The molecule has 0 radical (unpaired) electrons. The summed E-state index contributed by atoms with van der Waals surface area (Å²) in [5.41, 5.74) is 1.79. The lowest BCUT2D eigenvalue weighted by Crippen LogP contribution is -2.21. The normalized spacial score (nSPS) is 27.6. The van der Waals surface area contributed by atoms with Crippen molar-refractivity contribution in [2.75, 3.05) is 14.2 Å². The Bertz CT molecular complexity index is 535. The Kier molecular flexibility index (Phi) is 3.45. The van der Waals surface area contributed by atoms with Crippen molar-refractivity contribution in [2.45, 2.75) is 32.6 Å². The zero-order valence-corrected chi connectivity index (χ0v) is 12.4. The number of methoxy groups -OCH3 is 2. The lowest BCUT2D eigenvalue weighted by Gasteiger charge is -2.21. The molecule has 3 unspecified atom stereocenters. The Morgan fingerprint density at radius 2 is 1.80 bits per heavy atom. The Morgan fingerprint density at radius 1 is 1.10 bits per heavy atom. The van der Waals surface area contributed by atoms with Gasteiger partial charge < -0.3 is 9.47 Å². The molecule has 0 aromatic heterocycles. The highest BCUT2D eigenvalue weighted by Gasteiger charge is 2.43. The number of ether oxygens (including phenoxy) is 2. The van der Waals surface area contributed by atoms with E-state index in [0.29, 0.717) is 23.2 Å². The van der Waals surface area contributed by atoms with Gasteiger partial charge in [0.1, 0.15) is 0 Å². The molecule has 0 saturated heterocycles. The van der Waals surface area contributed by atoms with Crippen molar-refractivity contribution in [2.24, 2.45) is 17.8 Å². The van der Waals surface area contributed by atoms with Crippen LogP contribution in [0.5, 0.6) is 11.5 Å². The highest BCUT2D eigenvalue weighted by molar-refractivity contribution is 6.00. The molecule has 3 rings (SSSR count). The van der Waals surface area contributed by atoms with Gasteiger partial charge in [-0.1, -0.05) is 6.42 Å². The minimum Gasteiger partial charge on any atom is -0.493 e. The fourth-order valence-corrected chi connectivity index (χ4v) is 4.01. The van der Waals surface area contributed by atoms with Crippen LogP contribution in [-0.4, -0.2) is 20.0 Å². The fourth-order valence-electron chi connectivity index (χ4n) is 4.01. The van der Waals surface area contributed by atoms with E-state index in [4.69, 9.17) is 9.47 Å². The predicted octanol–water partition coefficient (Wildman–Crippen LogP) is 3.63. The predicted molar refractivity (Wildman–Crippen MR) is 77.6 cm³/mol. The molecule has 2 aliphatic rings. The molecule has 20 heavy (non-hydrogen) atoms. The number of carbonyl (C=O) groups is 1. The van der Waals surface area contributed by atoms with E-state index in [1.54, 1.807) is 14.2 Å². The Balaban J connectivity index is 1.91. The zero-order chi connectivity index (χ0) is 14.3. The fraction of sp³-hybridized carbons (Fsp3) is 0.588. The third kappa shape index (κ3) is 2.09. The number of fused-ring (bicyclic) bond motifs is 2. The van der Waals surface area contributed by atoms with Gasteiger partial charge in [0.15, 0.2) is 17.3 Å². The Morgan fingerprint density at radius 3 is 2.35 bits per heavy atom. The molecule has 3 atom stereocenters. The van der Waals surface area contributed by atoms with Gasteiger partial charge >= 0.3 is 0 Å². The highest BCUT2D eigenvalue weighted by Crippen LogP contribution is 2.49. The summed E-state index contributed by atoms with van der Waals surface area (Å²) in [6.45, 7) is 1.97. The van der Waals surface area contributed by atoms with E-state index in [9.17, 15) is 4.79 Å². The average Bonchev–Trinajstić information content (AvgIpc) is 3.08. The van der Waals surface area contributed by atoms with Crippen LogP contribution < -0.4 is 9.47 Å². The van der Waals surface area contributed by atoms with E-state index in [0.717, 1.165) is 23.5 Å². The van der Waals surface area contributed by atoms with Gasteiger partial charge in [0.2, 0.25) is 0 Å². The maximum absolute atomic E-state index is 12.8. The molecule has 0 N–H and O–H groups in total. The van der Waals surface area contributed by atoms with Crippen molar-refractivity contribution in [3.8, 4) is 11.5 Å². The second-order valence-electron chi connectivity index (χ2n) is 6.17. The van der Waals surface area contributed by atoms with Gasteiger partial charge in [0.25, 0.3) is 0 Å². The van der Waals surface area contributed by atoms with Gasteiger partial charge in [-0.25, -0.2) is 0 Å². The standard InChI is InChI=1S/C17H22O3/c1-10-6-15(19-2)16(20-3)9-13(10)17(18)14-8-11-4-5-12(14)7-11/h6,9,11-12,14H,4-5,7-8H2,1-3H3. The summed E-state index contributed by atoms with van der Waals surface area (Å²) in [7, 11) is 3.23. The maximum atomic E-state index is 12.8. The van der Waals surface area contributed by atoms with Crippen LogP contribution in [0.15, 0.2) is 12.1 Å². The van der Waals surface area contributed by atoms with Crippen LogP contribution in [0.3, 0.4) is 0 Å². The van der Waals surface area contributed by atoms with E-state index < -0.39 is 0 Å². The van der Waals surface area contributed by atoms with Crippen LogP contribution in [0.1, 0.15) is 41.6 Å². The molecule has 0 spiro atoms. The number of hydrogen-bond acceptors (Lipinski definition) is 3. The first kappa shape index (κ1) is 13.5. The third-order valence-corrected chi connectivity index (χ3v) is 5.07. The number of benzene rings is 1. The van der Waals surface area contributed by atoms with E-state index in [-0.39, 0.29) is 5.92 Å². The van der Waals surface area contributed by atoms with Crippen molar-refractivity contribution in [3.05, 3.63) is 23.3 Å². The first-order valence-corrected chi connectivity index (χ1v) is 7.41. The summed E-state index contributed by atoms with van der Waals surface area (Å²) < 4.78 is 10.6. The molecule has 2 bridgehead atoms. The maximum Gasteiger partial charge on any atom is 0.166 e. The molecule has 1 aromatic rings. The van der Waals surface area contributed by atoms with Gasteiger partial charge in [-0.15, -0.1) is 0 Å². The SMILES string of the molecule is COc1cc(C)c(C(=O)C2CC3CCC2C3)cc1OC. The minimum atomic E-state index is 0.227. The first-order chi connectivity index (χ1) is 9.63. The summed E-state index contributed by atoms with van der Waals surface area (Å²) in [5, 5.41) is 0. The van der Waals surface area contributed by atoms with Gasteiger partial charge in [0.05, 0.1) is 14.2 Å². The van der Waals surface area contributed by atoms with Crippen molar-refractivity contribution in [3.63, 3.8) is 0 Å². The number of rotatable bonds is 4.